The number of ether oxygens (including phenoxy) is 1. The van der Waals surface area contributed by atoms with Crippen LogP contribution < -0.4 is 10.1 Å². The van der Waals surface area contributed by atoms with Gasteiger partial charge in [0, 0.05) is 26.6 Å². The molecular formula is C16H18N3O4PS. The monoisotopic (exact) mass is 379 g/mol. The van der Waals surface area contributed by atoms with E-state index in [1.807, 2.05) is 18.2 Å². The Morgan fingerprint density at radius 1 is 1.12 bits per heavy atom. The van der Waals surface area contributed by atoms with Crippen LogP contribution in [0.1, 0.15) is 11.3 Å². The van der Waals surface area contributed by atoms with Crippen molar-refractivity contribution in [1.82, 2.24) is 9.97 Å². The number of aromatic nitrogens is 2. The third-order valence-electron chi connectivity index (χ3n) is 3.70. The van der Waals surface area contributed by atoms with Crippen LogP contribution in [0.2, 0.25) is 0 Å². The van der Waals surface area contributed by atoms with Crippen molar-refractivity contribution in [3.05, 3.63) is 48.3 Å². The zero-order chi connectivity index (χ0) is 17.9. The van der Waals surface area contributed by atoms with E-state index >= 15 is 0 Å². The lowest BCUT2D eigenvalue weighted by atomic mass is 10.3. The maximum absolute atomic E-state index is 13.0. The van der Waals surface area contributed by atoms with Gasteiger partial charge in [0.05, 0.1) is 17.3 Å². The van der Waals surface area contributed by atoms with Crippen molar-refractivity contribution < 1.29 is 18.3 Å². The molecule has 0 spiro atoms. The topological polar surface area (TPSA) is 82.6 Å². The summed E-state index contributed by atoms with van der Waals surface area (Å²) in [7, 11) is 0.914. The van der Waals surface area contributed by atoms with E-state index in [0.29, 0.717) is 5.13 Å². The van der Waals surface area contributed by atoms with Crippen LogP contribution in [0.3, 0.4) is 0 Å². The third-order valence-corrected chi connectivity index (χ3v) is 6.73. The molecular weight excluding hydrogens is 361 g/mol. The highest BCUT2D eigenvalue weighted by molar-refractivity contribution is 7.54. The highest BCUT2D eigenvalue weighted by atomic mass is 32.1. The molecule has 132 valence electrons. The van der Waals surface area contributed by atoms with Crippen LogP contribution in [0.4, 0.5) is 5.13 Å². The Morgan fingerprint density at radius 2 is 1.84 bits per heavy atom. The average Bonchev–Trinajstić information content (AvgIpc) is 3.07. The molecule has 0 saturated carbocycles. The second kappa shape index (κ2) is 7.49. The smallest absolute Gasteiger partial charge is 0.356 e. The van der Waals surface area contributed by atoms with Crippen LogP contribution in [-0.4, -0.2) is 31.3 Å². The fourth-order valence-corrected chi connectivity index (χ4v) is 4.78. The molecule has 0 radical (unpaired) electrons. The van der Waals surface area contributed by atoms with Gasteiger partial charge in [-0.1, -0.05) is 11.3 Å². The number of thiazole rings is 1. The van der Waals surface area contributed by atoms with Crippen LogP contribution in [0.25, 0.3) is 10.2 Å². The van der Waals surface area contributed by atoms with Gasteiger partial charge in [0.1, 0.15) is 5.75 Å². The summed E-state index contributed by atoms with van der Waals surface area (Å²) >= 11 is 1.44. The normalized spacial score (nSPS) is 12.9. The first kappa shape index (κ1) is 17.8. The van der Waals surface area contributed by atoms with E-state index in [1.165, 1.54) is 25.6 Å². The summed E-state index contributed by atoms with van der Waals surface area (Å²) in [5, 5.41) is 3.80. The van der Waals surface area contributed by atoms with Gasteiger partial charge in [0.25, 0.3) is 0 Å². The van der Waals surface area contributed by atoms with Crippen LogP contribution in [0.5, 0.6) is 5.75 Å². The maximum atomic E-state index is 13.0. The first-order chi connectivity index (χ1) is 12.1. The molecule has 0 aliphatic heterocycles. The fraction of sp³-hybridized carbons (Fsp3) is 0.250. The summed E-state index contributed by atoms with van der Waals surface area (Å²) in [5.74, 6) is 0.0563. The molecule has 3 rings (SSSR count). The molecule has 0 fully saturated rings. The Hall–Kier alpha value is -1.99. The Kier molecular flexibility index (Phi) is 5.34. The summed E-state index contributed by atoms with van der Waals surface area (Å²) in [6, 6.07) is 9.16. The second-order valence-electron chi connectivity index (χ2n) is 5.09. The molecule has 0 amide bonds. The molecule has 0 bridgehead atoms. The number of benzene rings is 1. The highest BCUT2D eigenvalue weighted by Gasteiger charge is 2.36. The number of anilines is 1. The minimum absolute atomic E-state index is 0.611. The van der Waals surface area contributed by atoms with E-state index < -0.39 is 13.4 Å². The van der Waals surface area contributed by atoms with Crippen LogP contribution in [-0.2, 0) is 13.6 Å². The molecule has 1 atom stereocenters. The molecule has 0 unspecified atom stereocenters. The van der Waals surface area contributed by atoms with Crippen LogP contribution >= 0.6 is 18.9 Å². The fourth-order valence-electron chi connectivity index (χ4n) is 2.39. The third kappa shape index (κ3) is 3.67. The van der Waals surface area contributed by atoms with Gasteiger partial charge in [-0.2, -0.15) is 0 Å². The minimum atomic E-state index is -3.43. The van der Waals surface area contributed by atoms with Crippen molar-refractivity contribution >= 4 is 34.3 Å². The van der Waals surface area contributed by atoms with E-state index in [4.69, 9.17) is 13.8 Å². The van der Waals surface area contributed by atoms with Gasteiger partial charge < -0.3 is 19.1 Å². The summed E-state index contributed by atoms with van der Waals surface area (Å²) in [4.78, 5) is 8.54. The van der Waals surface area contributed by atoms with Gasteiger partial charge >= 0.3 is 7.60 Å². The lowest BCUT2D eigenvalue weighted by Crippen LogP contribution is -2.13. The molecule has 3 aromatic rings. The number of nitrogens with one attached hydrogen (secondary N) is 1. The molecule has 9 heteroatoms. The largest absolute Gasteiger partial charge is 0.497 e. The Labute approximate surface area is 149 Å². The summed E-state index contributed by atoms with van der Waals surface area (Å²) in [6.45, 7) is 0. The Balaban J connectivity index is 1.99. The SMILES string of the molecule is COc1ccc2nc(N[C@@H](c3ccncc3)P(=O)(OC)OC)sc2c1. The zero-order valence-electron chi connectivity index (χ0n) is 14.0. The van der Waals surface area contributed by atoms with E-state index in [9.17, 15) is 4.57 Å². The first-order valence-corrected chi connectivity index (χ1v) is 9.84. The molecule has 1 N–H and O–H groups in total. The summed E-state index contributed by atoms with van der Waals surface area (Å²) < 4.78 is 29.6. The predicted molar refractivity (Wildman–Crippen MR) is 98.4 cm³/mol. The standard InChI is InChI=1S/C16H18N3O4PS/c1-21-12-4-5-13-14(10-12)25-16(18-13)19-15(24(20,22-2)23-3)11-6-8-17-9-7-11/h4-10,15H,1-3H3,(H,18,19)/t15-/m1/s1. The van der Waals surface area contributed by atoms with Gasteiger partial charge in [0.2, 0.25) is 0 Å². The summed E-state index contributed by atoms with van der Waals surface area (Å²) in [6.07, 6.45) is 3.26. The molecule has 2 aromatic heterocycles. The lowest BCUT2D eigenvalue weighted by Gasteiger charge is -2.25. The quantitative estimate of drug-likeness (QED) is 0.613. The van der Waals surface area contributed by atoms with Crippen molar-refractivity contribution in [3.8, 4) is 5.75 Å². The number of hydrogen-bond acceptors (Lipinski definition) is 8. The van der Waals surface area contributed by atoms with Gasteiger partial charge in [-0.3, -0.25) is 9.55 Å². The van der Waals surface area contributed by atoms with Crippen molar-refractivity contribution in [2.24, 2.45) is 0 Å². The van der Waals surface area contributed by atoms with E-state index in [2.05, 4.69) is 15.3 Å². The Morgan fingerprint density at radius 3 is 2.48 bits per heavy atom. The molecule has 0 aliphatic rings. The Bertz CT molecular complexity index is 895. The molecule has 1 aromatic carbocycles. The van der Waals surface area contributed by atoms with Crippen molar-refractivity contribution in [1.29, 1.82) is 0 Å². The maximum Gasteiger partial charge on any atom is 0.356 e. The van der Waals surface area contributed by atoms with Crippen molar-refractivity contribution in [2.45, 2.75) is 5.78 Å². The van der Waals surface area contributed by atoms with Gasteiger partial charge in [-0.05, 0) is 35.9 Å². The number of methoxy groups -OCH3 is 1. The molecule has 7 nitrogen and oxygen atoms in total. The molecule has 2 heterocycles. The van der Waals surface area contributed by atoms with Crippen LogP contribution in [0, 0.1) is 0 Å². The van der Waals surface area contributed by atoms with E-state index in [-0.39, 0.29) is 0 Å². The van der Waals surface area contributed by atoms with Crippen molar-refractivity contribution in [2.75, 3.05) is 26.6 Å². The molecule has 25 heavy (non-hydrogen) atoms. The van der Waals surface area contributed by atoms with E-state index in [1.54, 1.807) is 31.6 Å². The number of fused-ring (bicyclic) bond motifs is 1. The van der Waals surface area contributed by atoms with Gasteiger partial charge in [0.15, 0.2) is 10.9 Å². The molecule has 0 saturated heterocycles. The molecule has 0 aliphatic carbocycles. The lowest BCUT2D eigenvalue weighted by molar-refractivity contribution is 0.268. The first-order valence-electron chi connectivity index (χ1n) is 7.42. The predicted octanol–water partition coefficient (Wildman–Crippen LogP) is 4.30. The number of hydrogen-bond donors (Lipinski definition) is 1. The average molecular weight is 379 g/mol. The minimum Gasteiger partial charge on any atom is -0.497 e. The number of nitrogens with zero attached hydrogens (tertiary/aromatic N) is 2. The van der Waals surface area contributed by atoms with E-state index in [0.717, 1.165) is 21.5 Å². The van der Waals surface area contributed by atoms with Gasteiger partial charge in [-0.25, -0.2) is 4.98 Å². The van der Waals surface area contributed by atoms with Crippen LogP contribution in [0.15, 0.2) is 42.7 Å². The summed E-state index contributed by atoms with van der Waals surface area (Å²) in [5.41, 5.74) is 1.56. The highest BCUT2D eigenvalue weighted by Crippen LogP contribution is 2.59. The number of pyridine rings is 1. The number of rotatable bonds is 7. The second-order valence-corrected chi connectivity index (χ2v) is 8.44. The zero-order valence-corrected chi connectivity index (χ0v) is 15.7. The van der Waals surface area contributed by atoms with Crippen molar-refractivity contribution in [3.63, 3.8) is 0 Å². The van der Waals surface area contributed by atoms with Gasteiger partial charge in [-0.15, -0.1) is 0 Å².